The van der Waals surface area contributed by atoms with E-state index in [4.69, 9.17) is 37.9 Å². The predicted octanol–water partition coefficient (Wildman–Crippen LogP) is 12.2. The van der Waals surface area contributed by atoms with Gasteiger partial charge in [-0.3, -0.25) is 0 Å². The Morgan fingerprint density at radius 1 is 0.603 bits per heavy atom. The quantitative estimate of drug-likeness (QED) is 0.201. The molecule has 4 heterocycles. The average molecular weight is 943 g/mol. The zero-order valence-corrected chi connectivity index (χ0v) is 43.6. The monoisotopic (exact) mass is 943 g/mol. The highest BCUT2D eigenvalue weighted by molar-refractivity contribution is 5.96. The molecule has 0 spiro atoms. The minimum atomic E-state index is -0.646. The summed E-state index contributed by atoms with van der Waals surface area (Å²) in [5.41, 5.74) is 4.25. The number of aliphatic hydroxyl groups is 1. The molecule has 6 unspecified atom stereocenters. The van der Waals surface area contributed by atoms with E-state index in [1.54, 1.807) is 0 Å². The molecule has 0 aromatic heterocycles. The van der Waals surface area contributed by atoms with E-state index in [9.17, 15) is 14.7 Å². The smallest absolute Gasteiger partial charge is 0.339 e. The molecule has 2 aromatic carbocycles. The van der Waals surface area contributed by atoms with Crippen LogP contribution in [-0.2, 0) is 28.4 Å². The van der Waals surface area contributed by atoms with Gasteiger partial charge in [-0.05, 0) is 127 Å². The summed E-state index contributed by atoms with van der Waals surface area (Å²) < 4.78 is 48.6. The van der Waals surface area contributed by atoms with Crippen molar-refractivity contribution in [3.8, 4) is 11.5 Å². The Balaban J connectivity index is 0.000000254. The van der Waals surface area contributed by atoms with E-state index in [0.717, 1.165) is 34.4 Å². The first-order chi connectivity index (χ1) is 32.0. The summed E-state index contributed by atoms with van der Waals surface area (Å²) in [5.74, 6) is 0.351. The Morgan fingerprint density at radius 2 is 1.00 bits per heavy atom. The highest BCUT2D eigenvalue weighted by atomic mass is 16.8. The number of hydrogen-bond donors (Lipinski definition) is 1. The number of benzene rings is 2. The number of fused-ring (bicyclic) bond motifs is 4. The third-order valence-corrected chi connectivity index (χ3v) is 13.5. The molecule has 4 aliphatic rings. The Kier molecular flexibility index (Phi) is 19.3. The molecule has 2 fully saturated rings. The molecule has 68 heavy (non-hydrogen) atoms. The van der Waals surface area contributed by atoms with Crippen molar-refractivity contribution >= 4 is 24.1 Å². The zero-order valence-electron chi connectivity index (χ0n) is 43.6. The first-order valence-electron chi connectivity index (χ1n) is 25.1. The second kappa shape index (κ2) is 24.0. The lowest BCUT2D eigenvalue weighted by Crippen LogP contribution is -2.29. The molecule has 12 atom stereocenters. The molecule has 2 saturated heterocycles. The fourth-order valence-electron chi connectivity index (χ4n) is 8.76. The van der Waals surface area contributed by atoms with Gasteiger partial charge in [-0.1, -0.05) is 103 Å². The van der Waals surface area contributed by atoms with Gasteiger partial charge < -0.3 is 43.0 Å². The largest absolute Gasteiger partial charge is 0.493 e. The van der Waals surface area contributed by atoms with Crippen LogP contribution in [0.15, 0.2) is 60.7 Å². The molecule has 6 rings (SSSR count). The second-order valence-electron chi connectivity index (χ2n) is 20.6. The van der Waals surface area contributed by atoms with Crippen LogP contribution < -0.4 is 9.47 Å². The maximum absolute atomic E-state index is 13.2. The lowest BCUT2D eigenvalue weighted by atomic mass is 9.94. The summed E-state index contributed by atoms with van der Waals surface area (Å²) in [7, 11) is 0. The van der Waals surface area contributed by atoms with Crippen LogP contribution in [0.1, 0.15) is 159 Å². The summed E-state index contributed by atoms with van der Waals surface area (Å²) in [6.07, 6.45) is 18.1. The molecule has 376 valence electrons. The molecule has 0 saturated carbocycles. The number of esters is 2. The normalized spacial score (nSPS) is 32.0. The molecule has 2 aromatic rings. The Hall–Kier alpha value is -4.26. The van der Waals surface area contributed by atoms with Crippen LogP contribution >= 0.6 is 0 Å². The van der Waals surface area contributed by atoms with Gasteiger partial charge in [0.05, 0.1) is 48.3 Å². The third-order valence-electron chi connectivity index (χ3n) is 13.5. The molecule has 11 heteroatoms. The van der Waals surface area contributed by atoms with Crippen molar-refractivity contribution in [2.45, 2.75) is 184 Å². The average Bonchev–Trinajstić information content (AvgIpc) is 3.77. The van der Waals surface area contributed by atoms with Crippen molar-refractivity contribution in [3.05, 3.63) is 94.1 Å². The summed E-state index contributed by atoms with van der Waals surface area (Å²) in [6, 6.07) is 7.53. The second-order valence-corrected chi connectivity index (χ2v) is 20.6. The van der Waals surface area contributed by atoms with E-state index in [1.807, 2.05) is 112 Å². The number of hydrogen-bond acceptors (Lipinski definition) is 11. The summed E-state index contributed by atoms with van der Waals surface area (Å²) >= 11 is 0. The number of aliphatic hydroxyl groups excluding tert-OH is 1. The van der Waals surface area contributed by atoms with Crippen LogP contribution in [0.5, 0.6) is 11.5 Å². The van der Waals surface area contributed by atoms with Crippen molar-refractivity contribution in [1.82, 2.24) is 0 Å². The lowest BCUT2D eigenvalue weighted by molar-refractivity contribution is -0.148. The maximum Gasteiger partial charge on any atom is 0.339 e. The van der Waals surface area contributed by atoms with E-state index in [2.05, 4.69) is 65.0 Å². The molecule has 0 amide bonds. The van der Waals surface area contributed by atoms with Gasteiger partial charge in [-0.15, -0.1) is 0 Å². The third kappa shape index (κ3) is 14.9. The van der Waals surface area contributed by atoms with E-state index in [1.165, 1.54) is 0 Å². The van der Waals surface area contributed by atoms with Gasteiger partial charge in [0.2, 0.25) is 0 Å². The van der Waals surface area contributed by atoms with Gasteiger partial charge in [0.25, 0.3) is 0 Å². The van der Waals surface area contributed by atoms with Gasteiger partial charge >= 0.3 is 11.9 Å². The van der Waals surface area contributed by atoms with Crippen molar-refractivity contribution in [2.75, 3.05) is 13.2 Å². The van der Waals surface area contributed by atoms with E-state index >= 15 is 0 Å². The number of ether oxygens (including phenoxy) is 8. The number of rotatable bonds is 8. The first-order valence-corrected chi connectivity index (χ1v) is 25.1. The SMILES string of the molecule is CCC(C)COc1cc(C)c2c(c1)/C=C/C[C@@H]1OC(C)(C)OC1C(C)/C=C\[C@@H](C)[C@H](C)OC2=O.CCC(O)COc1cc(C)c2c(c1)/C=C/C[C@@H]1OC(C)(C)OC1C(C)/C=C\[C@@H](C)[C@H](C)OC2=O. The lowest BCUT2D eigenvalue weighted by Gasteiger charge is -2.23. The van der Waals surface area contributed by atoms with E-state index in [-0.39, 0.29) is 78.8 Å². The van der Waals surface area contributed by atoms with Crippen LogP contribution in [0.2, 0.25) is 0 Å². The van der Waals surface area contributed by atoms with Crippen molar-refractivity contribution < 1.29 is 52.6 Å². The van der Waals surface area contributed by atoms with Gasteiger partial charge in [-0.25, -0.2) is 9.59 Å². The Bertz CT molecular complexity index is 1980. The van der Waals surface area contributed by atoms with Crippen molar-refractivity contribution in [1.29, 1.82) is 0 Å². The fourth-order valence-corrected chi connectivity index (χ4v) is 8.76. The van der Waals surface area contributed by atoms with Crippen LogP contribution in [0, 0.1) is 43.4 Å². The first kappa shape index (κ1) is 54.7. The van der Waals surface area contributed by atoms with Crippen LogP contribution in [0.3, 0.4) is 0 Å². The van der Waals surface area contributed by atoms with Crippen molar-refractivity contribution in [3.63, 3.8) is 0 Å². The highest BCUT2D eigenvalue weighted by Crippen LogP contribution is 2.37. The van der Waals surface area contributed by atoms with Gasteiger partial charge in [0.15, 0.2) is 11.6 Å². The molecule has 0 radical (unpaired) electrons. The van der Waals surface area contributed by atoms with Crippen molar-refractivity contribution in [2.24, 2.45) is 29.6 Å². The van der Waals surface area contributed by atoms with Gasteiger partial charge in [0.1, 0.15) is 30.3 Å². The molecule has 0 aliphatic carbocycles. The summed E-state index contributed by atoms with van der Waals surface area (Å²) in [5, 5.41) is 9.89. The molecular formula is C57H82O11. The molecular weight excluding hydrogens is 861 g/mol. The Morgan fingerprint density at radius 3 is 1.40 bits per heavy atom. The standard InChI is InChI=1S/C29H42O5.C28H40O6/c1-9-18(2)17-31-24-15-21(5)26-23(16-24)11-10-12-25-27(34-29(7,8)33-25)20(4)14-13-19(3)22(6)32-28(26)30;1-8-22(29)16-31-23-14-19(4)25-21(15-23)10-9-11-24-26(34-28(6,7)33-24)18(3)13-12-17(2)20(5)32-27(25)30/h10-11,13-16,18-20,22,25,27H,9,12,17H2,1-8H3;9-10,12-15,17-18,20,22,24,26,29H,8,11,16H2,1-7H3/b11-10+,14-13-;10-9+,13-12-/t18?,19-,20?,22+,25+,27?;17-,18?,20+,22?,24+,26?/m11/s1. The van der Waals surface area contributed by atoms with Crippen LogP contribution in [0.4, 0.5) is 0 Å². The minimum absolute atomic E-state index is 0.0422. The summed E-state index contributed by atoms with van der Waals surface area (Å²) in [4.78, 5) is 26.4. The maximum atomic E-state index is 13.2. The molecule has 11 nitrogen and oxygen atoms in total. The topological polar surface area (TPSA) is 128 Å². The minimum Gasteiger partial charge on any atom is -0.493 e. The molecule has 0 bridgehead atoms. The molecule has 1 N–H and O–H groups in total. The van der Waals surface area contributed by atoms with Crippen LogP contribution in [-0.4, -0.2) is 84.6 Å². The van der Waals surface area contributed by atoms with Crippen LogP contribution in [0.25, 0.3) is 12.2 Å². The van der Waals surface area contributed by atoms with Gasteiger partial charge in [0, 0.05) is 23.7 Å². The fraction of sp³-hybridized carbons (Fsp3) is 0.614. The van der Waals surface area contributed by atoms with Gasteiger partial charge in [-0.2, -0.15) is 0 Å². The number of aryl methyl sites for hydroxylation is 2. The number of carbonyl (C=O) groups is 2. The molecule has 4 aliphatic heterocycles. The van der Waals surface area contributed by atoms with E-state index < -0.39 is 17.7 Å². The van der Waals surface area contributed by atoms with E-state index in [0.29, 0.717) is 48.7 Å². The Labute approximate surface area is 407 Å². The highest BCUT2D eigenvalue weighted by Gasteiger charge is 2.44. The number of cyclic esters (lactones) is 2. The predicted molar refractivity (Wildman–Crippen MR) is 269 cm³/mol. The zero-order chi connectivity index (χ0) is 50.1. The number of carbonyl (C=O) groups excluding carboxylic acids is 2. The summed E-state index contributed by atoms with van der Waals surface area (Å²) in [6.45, 7) is 31.0.